The van der Waals surface area contributed by atoms with Crippen LogP contribution in [0.15, 0.2) is 48.6 Å². The van der Waals surface area contributed by atoms with Crippen molar-refractivity contribution in [2.75, 3.05) is 72.8 Å². The van der Waals surface area contributed by atoms with E-state index in [0.717, 1.165) is 122 Å². The zero-order valence-electron chi connectivity index (χ0n) is 38.8. The standard InChI is InChI=1S/C50H88N2O8/c1-5-8-11-14-17-18-19-20-21-22-23-24-25-26-29-32-47(53)58-43-46(45-60-49(55)35-36-52-39-37-51(4)38-40-52)44-59-48(54)33-34-50(56-41-30-27-15-12-9-6-2)57-42-31-28-16-13-10-7-3/h9-10,12-13,17-18,20-21,46,50H,5-8,11,14-16,19,22-45H2,1-4H3/b12-9-,13-10-,18-17-,21-20-. The van der Waals surface area contributed by atoms with E-state index in [4.69, 9.17) is 23.7 Å². The van der Waals surface area contributed by atoms with E-state index < -0.39 is 12.2 Å². The molecule has 10 nitrogen and oxygen atoms in total. The minimum atomic E-state index is -0.484. The molecule has 1 saturated heterocycles. The first-order chi connectivity index (χ1) is 29.4. The molecule has 0 aliphatic carbocycles. The Labute approximate surface area is 366 Å². The topological polar surface area (TPSA) is 104 Å². The number of unbranched alkanes of at least 4 members (excludes halogenated alkanes) is 12. The van der Waals surface area contributed by atoms with E-state index in [1.54, 1.807) is 0 Å². The molecule has 0 radical (unpaired) electrons. The smallest absolute Gasteiger partial charge is 0.307 e. The number of esters is 3. The van der Waals surface area contributed by atoms with Gasteiger partial charge in [0.2, 0.25) is 0 Å². The monoisotopic (exact) mass is 845 g/mol. The lowest BCUT2D eigenvalue weighted by molar-refractivity contribution is -0.162. The van der Waals surface area contributed by atoms with Gasteiger partial charge < -0.3 is 33.5 Å². The fraction of sp³-hybridized carbons (Fsp3) is 0.780. The lowest BCUT2D eigenvalue weighted by Gasteiger charge is -2.32. The summed E-state index contributed by atoms with van der Waals surface area (Å²) in [5.41, 5.74) is 0. The number of piperazine rings is 1. The SMILES string of the molecule is CC/C=C\CCCCOC(CCC(=O)OCC(COC(=O)CCCCCCC/C=C\C/C=C\CCCCC)COC(=O)CCN1CCN(C)CC1)OCCCC/C=C\CC. The lowest BCUT2D eigenvalue weighted by Crippen LogP contribution is -2.45. The van der Waals surface area contributed by atoms with Crippen LogP contribution in [0, 0.1) is 5.92 Å². The molecule has 1 rings (SSSR count). The maximum Gasteiger partial charge on any atom is 0.307 e. The van der Waals surface area contributed by atoms with Crippen molar-refractivity contribution >= 4 is 17.9 Å². The number of carbonyl (C=O) groups excluding carboxylic acids is 3. The maximum atomic E-state index is 13.0. The van der Waals surface area contributed by atoms with Gasteiger partial charge in [0.15, 0.2) is 6.29 Å². The highest BCUT2D eigenvalue weighted by Crippen LogP contribution is 2.13. The number of rotatable bonds is 40. The fourth-order valence-electron chi connectivity index (χ4n) is 6.57. The third kappa shape index (κ3) is 35.9. The number of allylic oxidation sites excluding steroid dienone is 8. The van der Waals surface area contributed by atoms with Crippen molar-refractivity contribution < 1.29 is 38.1 Å². The maximum absolute atomic E-state index is 13.0. The van der Waals surface area contributed by atoms with Crippen LogP contribution >= 0.6 is 0 Å². The zero-order chi connectivity index (χ0) is 43.6. The molecule has 0 aromatic carbocycles. The van der Waals surface area contributed by atoms with Crippen molar-refractivity contribution in [1.82, 2.24) is 9.80 Å². The number of hydrogen-bond acceptors (Lipinski definition) is 10. The first-order valence-corrected chi connectivity index (χ1v) is 24.1. The molecule has 0 spiro atoms. The van der Waals surface area contributed by atoms with Gasteiger partial charge in [0, 0.05) is 58.8 Å². The zero-order valence-corrected chi connectivity index (χ0v) is 38.8. The fourth-order valence-corrected chi connectivity index (χ4v) is 6.57. The summed E-state index contributed by atoms with van der Waals surface area (Å²) in [6, 6.07) is 0. The highest BCUT2D eigenvalue weighted by molar-refractivity contribution is 5.70. The summed E-state index contributed by atoms with van der Waals surface area (Å²) in [6.07, 6.45) is 38.9. The van der Waals surface area contributed by atoms with Crippen molar-refractivity contribution in [1.29, 1.82) is 0 Å². The molecule has 0 N–H and O–H groups in total. The molecule has 1 unspecified atom stereocenters. The number of likely N-dealkylation sites (N-methyl/N-ethyl adjacent to an activating group) is 1. The molecule has 1 aliphatic heterocycles. The molecule has 346 valence electrons. The van der Waals surface area contributed by atoms with E-state index in [1.807, 2.05) is 0 Å². The van der Waals surface area contributed by atoms with Crippen LogP contribution in [0.25, 0.3) is 0 Å². The Balaban J connectivity index is 2.53. The molecular weight excluding hydrogens is 757 g/mol. The third-order valence-electron chi connectivity index (χ3n) is 10.5. The number of hydrogen-bond donors (Lipinski definition) is 0. The van der Waals surface area contributed by atoms with Crippen LogP contribution in [-0.4, -0.2) is 107 Å². The first-order valence-electron chi connectivity index (χ1n) is 24.1. The third-order valence-corrected chi connectivity index (χ3v) is 10.5. The summed E-state index contributed by atoms with van der Waals surface area (Å²) in [5.74, 6) is -1.42. The van der Waals surface area contributed by atoms with Crippen LogP contribution < -0.4 is 0 Å². The summed E-state index contributed by atoms with van der Waals surface area (Å²) in [5, 5.41) is 0. The average Bonchev–Trinajstić information content (AvgIpc) is 3.25. The van der Waals surface area contributed by atoms with Crippen molar-refractivity contribution in [2.24, 2.45) is 5.92 Å². The van der Waals surface area contributed by atoms with Gasteiger partial charge in [0.1, 0.15) is 19.8 Å². The van der Waals surface area contributed by atoms with Gasteiger partial charge >= 0.3 is 17.9 Å². The molecule has 1 heterocycles. The van der Waals surface area contributed by atoms with Gasteiger partial charge in [-0.25, -0.2) is 0 Å². The first kappa shape index (κ1) is 55.2. The van der Waals surface area contributed by atoms with E-state index in [2.05, 4.69) is 86.2 Å². The van der Waals surface area contributed by atoms with Crippen LogP contribution in [0.5, 0.6) is 0 Å². The Kier molecular flexibility index (Phi) is 38.3. The van der Waals surface area contributed by atoms with E-state index in [9.17, 15) is 14.4 Å². The predicted octanol–water partition coefficient (Wildman–Crippen LogP) is 11.1. The summed E-state index contributed by atoms with van der Waals surface area (Å²) < 4.78 is 29.1. The van der Waals surface area contributed by atoms with E-state index in [-0.39, 0.29) is 50.6 Å². The summed E-state index contributed by atoms with van der Waals surface area (Å²) in [6.45, 7) is 12.1. The van der Waals surface area contributed by atoms with E-state index in [1.165, 1.54) is 25.7 Å². The van der Waals surface area contributed by atoms with Crippen molar-refractivity contribution in [3.05, 3.63) is 48.6 Å². The molecule has 60 heavy (non-hydrogen) atoms. The number of ether oxygens (including phenoxy) is 5. The van der Waals surface area contributed by atoms with Crippen molar-refractivity contribution in [3.8, 4) is 0 Å². The van der Waals surface area contributed by atoms with Crippen molar-refractivity contribution in [3.63, 3.8) is 0 Å². The van der Waals surface area contributed by atoms with Gasteiger partial charge in [-0.05, 0) is 96.9 Å². The molecule has 0 amide bonds. The molecule has 10 heteroatoms. The van der Waals surface area contributed by atoms with Gasteiger partial charge in [-0.15, -0.1) is 0 Å². The number of carbonyl (C=O) groups is 3. The van der Waals surface area contributed by atoms with Gasteiger partial charge in [-0.3, -0.25) is 14.4 Å². The minimum Gasteiger partial charge on any atom is -0.465 e. The molecule has 0 bridgehead atoms. The normalized spacial score (nSPS) is 14.7. The summed E-state index contributed by atoms with van der Waals surface area (Å²) in [4.78, 5) is 42.9. The van der Waals surface area contributed by atoms with Crippen LogP contribution in [0.3, 0.4) is 0 Å². The Morgan fingerprint density at radius 1 is 0.517 bits per heavy atom. The molecule has 0 saturated carbocycles. The van der Waals surface area contributed by atoms with Crippen LogP contribution in [0.4, 0.5) is 0 Å². The molecule has 1 fully saturated rings. The Bertz CT molecular complexity index is 1120. The highest BCUT2D eigenvalue weighted by Gasteiger charge is 2.20. The second-order valence-electron chi connectivity index (χ2n) is 16.3. The molecule has 0 aromatic heterocycles. The Hall–Kier alpha value is -2.79. The second kappa shape index (κ2) is 41.6. The minimum absolute atomic E-state index is 0.00944. The summed E-state index contributed by atoms with van der Waals surface area (Å²) in [7, 11) is 2.10. The van der Waals surface area contributed by atoms with Gasteiger partial charge in [0.25, 0.3) is 0 Å². The highest BCUT2D eigenvalue weighted by atomic mass is 16.7. The van der Waals surface area contributed by atoms with Crippen LogP contribution in [0.2, 0.25) is 0 Å². The van der Waals surface area contributed by atoms with Crippen LogP contribution in [-0.2, 0) is 38.1 Å². The van der Waals surface area contributed by atoms with E-state index in [0.29, 0.717) is 32.6 Å². The summed E-state index contributed by atoms with van der Waals surface area (Å²) >= 11 is 0. The molecule has 0 aromatic rings. The lowest BCUT2D eigenvalue weighted by atomic mass is 10.1. The molecule has 1 aliphatic rings. The van der Waals surface area contributed by atoms with Gasteiger partial charge in [-0.1, -0.05) is 101 Å². The Morgan fingerprint density at radius 3 is 1.53 bits per heavy atom. The average molecular weight is 845 g/mol. The van der Waals surface area contributed by atoms with E-state index >= 15 is 0 Å². The Morgan fingerprint density at radius 2 is 0.983 bits per heavy atom. The number of nitrogens with zero attached hydrogens (tertiary/aromatic N) is 2. The van der Waals surface area contributed by atoms with Gasteiger partial charge in [-0.2, -0.15) is 0 Å². The largest absolute Gasteiger partial charge is 0.465 e. The molecular formula is C50H88N2O8. The molecule has 1 atom stereocenters. The van der Waals surface area contributed by atoms with Crippen molar-refractivity contribution in [2.45, 2.75) is 175 Å². The van der Waals surface area contributed by atoms with Gasteiger partial charge in [0.05, 0.1) is 18.8 Å². The van der Waals surface area contributed by atoms with Crippen LogP contribution in [0.1, 0.15) is 168 Å². The predicted molar refractivity (Wildman–Crippen MR) is 246 cm³/mol. The second-order valence-corrected chi connectivity index (χ2v) is 16.3. The quantitative estimate of drug-likeness (QED) is 0.0195.